The Kier molecular flexibility index (Phi) is 28.2. The predicted molar refractivity (Wildman–Crippen MR) is 530 cm³/mol. The van der Waals surface area contributed by atoms with Crippen LogP contribution in [0.1, 0.15) is 25.3 Å². The van der Waals surface area contributed by atoms with Crippen molar-refractivity contribution in [1.82, 2.24) is 29.9 Å². The molecular formula is C110H100Ir3N6O2SSi5-6. The molecule has 3 aliphatic heterocycles. The number of nitrogens with zero attached hydrogens (tertiary/aromatic N) is 6. The smallest absolute Gasteiger partial charge is 0.173 e. The second-order valence-electron chi connectivity index (χ2n) is 34.5. The molecule has 0 amide bonds. The zero-order chi connectivity index (χ0) is 92.0. The fourth-order valence-electron chi connectivity index (χ4n) is 15.9. The summed E-state index contributed by atoms with van der Waals surface area (Å²) in [5.41, 5.74) is 18.9. The van der Waals surface area contributed by atoms with Gasteiger partial charge in [0.05, 0.1) is 37.2 Å². The molecule has 127 heavy (non-hydrogen) atoms. The van der Waals surface area contributed by atoms with E-state index in [4.69, 9.17) is 18.2 Å². The molecule has 3 radical (unpaired) electrons. The maximum Gasteiger partial charge on any atom is 0.173 e. The third-order valence-corrected chi connectivity index (χ3v) is 39.0. The molecule has 17 aromatic rings. The fourth-order valence-corrected chi connectivity index (χ4v) is 28.8. The largest absolute Gasteiger partial charge is 0.305 e. The summed E-state index contributed by atoms with van der Waals surface area (Å²) in [4.78, 5) is 27.6. The van der Waals surface area contributed by atoms with Gasteiger partial charge in [-0.1, -0.05) is 304 Å². The molecule has 0 fully saturated rings. The average Bonchev–Trinajstić information content (AvgIpc) is 1.54. The number of aryl methyl sites for hydroxylation is 3. The van der Waals surface area contributed by atoms with Crippen LogP contribution < -0.4 is 46.7 Å². The summed E-state index contributed by atoms with van der Waals surface area (Å²) >= 11 is 0. The van der Waals surface area contributed by atoms with Crippen LogP contribution in [0.15, 0.2) is 362 Å². The standard InChI is InChI=1S/C32H28NSi2.C22H24NSi2.C20H18NO2SSi.3C12H10N.3Ir/c1-34(2,3)27-19-20-30(33-23-27)24-18-21-32-29(22-24)28-16-10-11-17-31(28)35(32,25-12-6-4-7-13-25)26-14-8-5-9-15-26;1-24(2,3)17-11-12-20(23-15-17)16-10-13-22-19(14-16)18-8-6-7-9-21(18)25(22,4)5;1-25(2,3)15-9-10-18(21-13-15)14-8-11-20-17(12-14)16-6-4-5-7-19(16)24(20,22)23;3*1-10-6-5-9-12(13-10)11-7-3-2-4-8-11;;;/h4-17,19-23H,1-3H3;6-9,11-15H,1-5H3;4-7,9-13H,1-3H3;3*2-7,9H,1H3;;;/q6*-1;;;/i;;;2*1D3;;;;. The number of fused-ring (bicyclic) bond motifs is 9. The predicted octanol–water partition coefficient (Wildman–Crippen LogP) is 20.8. The monoisotopic (exact) mass is 2290 g/mol. The zero-order valence-electron chi connectivity index (χ0n) is 78.9. The maximum atomic E-state index is 12.6. The van der Waals surface area contributed by atoms with Crippen molar-refractivity contribution in [2.45, 2.75) is 102 Å². The molecule has 641 valence electrons. The Morgan fingerprint density at radius 3 is 1.06 bits per heavy atom. The van der Waals surface area contributed by atoms with E-state index in [1.807, 2.05) is 116 Å². The fraction of sp³-hybridized carbons (Fsp3) is 0.127. The zero-order valence-corrected chi connectivity index (χ0v) is 85.9. The molecule has 0 bridgehead atoms. The van der Waals surface area contributed by atoms with Gasteiger partial charge in [0.1, 0.15) is 8.07 Å². The van der Waals surface area contributed by atoms with Crippen LogP contribution in [0.5, 0.6) is 0 Å². The summed E-state index contributed by atoms with van der Waals surface area (Å²) in [7, 11) is -11.5. The number of rotatable bonds is 11. The Labute approximate surface area is 805 Å². The second kappa shape index (κ2) is 41.2. The van der Waals surface area contributed by atoms with E-state index in [0.717, 1.165) is 73.0 Å². The maximum absolute atomic E-state index is 12.6. The van der Waals surface area contributed by atoms with Gasteiger partial charge in [-0.05, 0) is 121 Å². The molecule has 17 heteroatoms. The van der Waals surface area contributed by atoms with Crippen molar-refractivity contribution < 1.29 is 77.0 Å². The number of benzene rings is 11. The van der Waals surface area contributed by atoms with Crippen molar-refractivity contribution in [2.24, 2.45) is 0 Å². The van der Waals surface area contributed by atoms with Crippen molar-refractivity contribution in [3.63, 3.8) is 0 Å². The second-order valence-corrected chi connectivity index (χ2v) is 59.7. The van der Waals surface area contributed by atoms with Crippen molar-refractivity contribution in [1.29, 1.82) is 0 Å². The summed E-state index contributed by atoms with van der Waals surface area (Å²) in [5.74, 6) is 0. The molecule has 0 N–H and O–H groups in total. The number of pyridine rings is 6. The normalized spacial score (nSPS) is 13.6. The minimum atomic E-state index is -3.44. The summed E-state index contributed by atoms with van der Waals surface area (Å²) in [6.45, 7) is 23.5. The molecule has 6 aromatic heterocycles. The first-order chi connectivity index (χ1) is 62.1. The molecule has 9 heterocycles. The molecule has 11 aromatic carbocycles. The van der Waals surface area contributed by atoms with Crippen LogP contribution in [0, 0.1) is 57.0 Å². The van der Waals surface area contributed by atoms with Crippen LogP contribution >= 0.6 is 0 Å². The van der Waals surface area contributed by atoms with E-state index >= 15 is 0 Å². The van der Waals surface area contributed by atoms with E-state index in [1.54, 1.807) is 54.6 Å². The first-order valence-corrected chi connectivity index (χ1v) is 58.6. The molecule has 0 saturated carbocycles. The summed E-state index contributed by atoms with van der Waals surface area (Å²) in [6.07, 6.45) is 6.08. The third-order valence-electron chi connectivity index (χ3n) is 22.6. The quantitative estimate of drug-likeness (QED) is 0.0930. The van der Waals surface area contributed by atoms with E-state index in [1.165, 1.54) is 81.1 Å². The topological polar surface area (TPSA) is 111 Å². The van der Waals surface area contributed by atoms with Crippen molar-refractivity contribution in [3.8, 4) is 101 Å². The Bertz CT molecular complexity index is 6870. The summed E-state index contributed by atoms with van der Waals surface area (Å²) in [5, 5.41) is 12.8. The summed E-state index contributed by atoms with van der Waals surface area (Å²) in [6, 6.07) is 131. The molecule has 0 spiro atoms. The van der Waals surface area contributed by atoms with E-state index in [-0.39, 0.29) is 71.7 Å². The van der Waals surface area contributed by atoms with Gasteiger partial charge >= 0.3 is 0 Å². The van der Waals surface area contributed by atoms with Crippen LogP contribution in [0.2, 0.25) is 72.0 Å². The summed E-state index contributed by atoms with van der Waals surface area (Å²) < 4.78 is 69.1. The van der Waals surface area contributed by atoms with Gasteiger partial charge in [-0.25, -0.2) is 8.42 Å². The van der Waals surface area contributed by atoms with E-state index in [9.17, 15) is 8.42 Å². The Morgan fingerprint density at radius 1 is 0.299 bits per heavy atom. The van der Waals surface area contributed by atoms with Crippen molar-refractivity contribution >= 4 is 96.9 Å². The van der Waals surface area contributed by atoms with Gasteiger partial charge in [0.25, 0.3) is 0 Å². The van der Waals surface area contributed by atoms with E-state index in [2.05, 4.69) is 305 Å². The van der Waals surface area contributed by atoms with Gasteiger partial charge in [0.2, 0.25) is 0 Å². The first-order valence-electron chi connectivity index (χ1n) is 44.6. The van der Waals surface area contributed by atoms with Gasteiger partial charge in [0.15, 0.2) is 9.84 Å². The molecule has 0 unspecified atom stereocenters. The number of aromatic nitrogens is 6. The van der Waals surface area contributed by atoms with Crippen molar-refractivity contribution in [3.05, 3.63) is 406 Å². The molecule has 0 aliphatic carbocycles. The van der Waals surface area contributed by atoms with Crippen LogP contribution in [-0.2, 0) is 70.2 Å². The van der Waals surface area contributed by atoms with Gasteiger partial charge < -0.3 is 29.9 Å². The van der Waals surface area contributed by atoms with Gasteiger partial charge in [-0.3, -0.25) is 0 Å². The van der Waals surface area contributed by atoms with Crippen LogP contribution in [0.25, 0.3) is 101 Å². The molecular weight excluding hydrogens is 2190 g/mol. The van der Waals surface area contributed by atoms with Crippen LogP contribution in [0.3, 0.4) is 0 Å². The van der Waals surface area contributed by atoms with Crippen LogP contribution in [-0.4, -0.2) is 78.7 Å². The minimum Gasteiger partial charge on any atom is -0.305 e. The van der Waals surface area contributed by atoms with E-state index < -0.39 is 63.9 Å². The van der Waals surface area contributed by atoms with Gasteiger partial charge in [-0.15, -0.1) is 189 Å². The molecule has 0 saturated heterocycles. The Morgan fingerprint density at radius 2 is 0.654 bits per heavy atom. The van der Waals surface area contributed by atoms with Crippen LogP contribution in [0.4, 0.5) is 0 Å². The average molecular weight is 2290 g/mol. The van der Waals surface area contributed by atoms with Gasteiger partial charge in [0, 0.05) is 104 Å². The Hall–Kier alpha value is -10.7. The molecule has 3 aliphatic rings. The van der Waals surface area contributed by atoms with Gasteiger partial charge in [-0.2, -0.15) is 0 Å². The van der Waals surface area contributed by atoms with E-state index in [0.29, 0.717) is 21.2 Å². The number of sulfone groups is 1. The first kappa shape index (κ1) is 87.0. The number of hydrogen-bond donors (Lipinski definition) is 0. The van der Waals surface area contributed by atoms with Crippen molar-refractivity contribution in [2.75, 3.05) is 0 Å². The molecule has 0 atom stereocenters. The minimum absolute atomic E-state index is 0. The molecule has 8 nitrogen and oxygen atoms in total. The molecule has 20 rings (SSSR count). The third kappa shape index (κ3) is 21.4. The SMILES string of the molecule is C[Si](C)(C)c1ccc(-c2[c-]cc3c(c2)-c2ccccc2S3(=O)=O)nc1.C[Si](C)(C)c1ccc(-c2[c-]cc3c(c2)-c2ccccc2[Si]3(C)C)nc1.C[Si](C)(C)c1ccc(-c2[c-]cc3c(c2)-c2ccccc2[Si]3(c2ccccc2)c2ccccc2)nc1.Cc1cccc(-c2[c-]cccc2)n1.[2H]C([2H])([2H])c1cccc(-c2[c-]cccc2)n1.[2H]C([2H])([2H])c1cccc(-c2[c-]cccc2)n1.[Ir].[Ir].[Ir]. The number of hydrogen-bond acceptors (Lipinski definition) is 8. The Balaban J connectivity index is 0.000000148.